The Morgan fingerprint density at radius 1 is 1.36 bits per heavy atom. The standard InChI is InChI=1S/C18H31N5S.HI/c1-16-13-21-23(14-16)10-6-9-20-17(19-2)22-11-12-24-18(15-22)7-4-3-5-8-18;/h13-14H,3-12,15H2,1-2H3,(H,19,20);1H. The number of nitrogens with one attached hydrogen (secondary N) is 1. The maximum Gasteiger partial charge on any atom is 0.193 e. The average molecular weight is 477 g/mol. The summed E-state index contributed by atoms with van der Waals surface area (Å²) in [6.07, 6.45) is 12.1. The maximum absolute atomic E-state index is 4.54. The van der Waals surface area contributed by atoms with Crippen LogP contribution in [0, 0.1) is 6.92 Å². The molecule has 3 rings (SSSR count). The zero-order valence-corrected chi connectivity index (χ0v) is 18.7. The normalized spacial score (nSPS) is 20.4. The molecule has 0 aromatic carbocycles. The highest BCUT2D eigenvalue weighted by Crippen LogP contribution is 2.42. The number of aryl methyl sites for hydroxylation is 2. The number of guanidine groups is 1. The van der Waals surface area contributed by atoms with Gasteiger partial charge in [0, 0.05) is 49.9 Å². The average Bonchev–Trinajstić information content (AvgIpc) is 3.01. The number of halogens is 1. The summed E-state index contributed by atoms with van der Waals surface area (Å²) < 4.78 is 2.51. The molecule has 0 unspecified atom stereocenters. The summed E-state index contributed by atoms with van der Waals surface area (Å²) in [4.78, 5) is 7.02. The van der Waals surface area contributed by atoms with E-state index >= 15 is 0 Å². The Hall–Kier alpha value is -0.440. The molecule has 7 heteroatoms. The third-order valence-electron chi connectivity index (χ3n) is 5.13. The molecule has 0 amide bonds. The van der Waals surface area contributed by atoms with Gasteiger partial charge in [0.1, 0.15) is 0 Å². The predicted octanol–water partition coefficient (Wildman–Crippen LogP) is 3.53. The lowest BCUT2D eigenvalue weighted by molar-refractivity contribution is 0.293. The third kappa shape index (κ3) is 5.77. The Bertz CT molecular complexity index is 548. The summed E-state index contributed by atoms with van der Waals surface area (Å²) in [7, 11) is 1.91. The van der Waals surface area contributed by atoms with Crippen LogP contribution >= 0.6 is 35.7 Å². The molecule has 142 valence electrons. The minimum atomic E-state index is 0. The summed E-state index contributed by atoms with van der Waals surface area (Å²) in [6.45, 7) is 6.26. The number of rotatable bonds is 4. The van der Waals surface area contributed by atoms with Crippen LogP contribution in [-0.2, 0) is 6.54 Å². The van der Waals surface area contributed by atoms with Gasteiger partial charge in [-0.3, -0.25) is 9.67 Å². The van der Waals surface area contributed by atoms with Gasteiger partial charge in [0.05, 0.1) is 6.20 Å². The Morgan fingerprint density at radius 2 is 2.16 bits per heavy atom. The number of hydrogen-bond acceptors (Lipinski definition) is 3. The van der Waals surface area contributed by atoms with Crippen LogP contribution in [0.3, 0.4) is 0 Å². The van der Waals surface area contributed by atoms with Gasteiger partial charge in [0.15, 0.2) is 5.96 Å². The molecule has 0 atom stereocenters. The SMILES string of the molecule is CN=C(NCCCn1cc(C)cn1)N1CCSC2(CCCCC2)C1.I. The highest BCUT2D eigenvalue weighted by Gasteiger charge is 2.38. The van der Waals surface area contributed by atoms with Crippen LogP contribution in [0.25, 0.3) is 0 Å². The fourth-order valence-electron chi connectivity index (χ4n) is 3.89. The summed E-state index contributed by atoms with van der Waals surface area (Å²) in [5.74, 6) is 2.31. The van der Waals surface area contributed by atoms with Crippen molar-refractivity contribution >= 4 is 41.7 Å². The van der Waals surface area contributed by atoms with Crippen LogP contribution in [-0.4, -0.2) is 57.8 Å². The van der Waals surface area contributed by atoms with E-state index in [-0.39, 0.29) is 24.0 Å². The van der Waals surface area contributed by atoms with Gasteiger partial charge in [-0.2, -0.15) is 16.9 Å². The first-order valence-corrected chi connectivity index (χ1v) is 10.3. The van der Waals surface area contributed by atoms with E-state index < -0.39 is 0 Å². The van der Waals surface area contributed by atoms with Crippen molar-refractivity contribution in [2.75, 3.05) is 32.4 Å². The Morgan fingerprint density at radius 3 is 2.84 bits per heavy atom. The molecule has 1 aromatic rings. The van der Waals surface area contributed by atoms with Crippen molar-refractivity contribution in [2.24, 2.45) is 4.99 Å². The van der Waals surface area contributed by atoms with Crippen LogP contribution in [0.1, 0.15) is 44.1 Å². The second kappa shape index (κ2) is 10.0. The lowest BCUT2D eigenvalue weighted by Crippen LogP contribution is -2.53. The van der Waals surface area contributed by atoms with Crippen LogP contribution < -0.4 is 5.32 Å². The summed E-state index contributed by atoms with van der Waals surface area (Å²) in [6, 6.07) is 0. The fraction of sp³-hybridized carbons (Fsp3) is 0.778. The van der Waals surface area contributed by atoms with Gasteiger partial charge in [0.2, 0.25) is 0 Å². The Labute approximate surface area is 173 Å². The molecule has 0 radical (unpaired) electrons. The molecular weight excluding hydrogens is 445 g/mol. The fourth-order valence-corrected chi connectivity index (χ4v) is 5.46. The molecule has 1 N–H and O–H groups in total. The molecule has 5 nitrogen and oxygen atoms in total. The minimum Gasteiger partial charge on any atom is -0.356 e. The molecule has 0 bridgehead atoms. The van der Waals surface area contributed by atoms with Gasteiger partial charge in [-0.25, -0.2) is 0 Å². The Balaban J connectivity index is 0.00000225. The minimum absolute atomic E-state index is 0. The number of aliphatic imine (C=N–C) groups is 1. The topological polar surface area (TPSA) is 45.5 Å². The second-order valence-corrected chi connectivity index (χ2v) is 8.68. The van der Waals surface area contributed by atoms with E-state index in [4.69, 9.17) is 0 Å². The highest BCUT2D eigenvalue weighted by molar-refractivity contribution is 14.0. The molecule has 2 heterocycles. The largest absolute Gasteiger partial charge is 0.356 e. The number of thioether (sulfide) groups is 1. The van der Waals surface area contributed by atoms with Gasteiger partial charge < -0.3 is 10.2 Å². The smallest absolute Gasteiger partial charge is 0.193 e. The predicted molar refractivity (Wildman–Crippen MR) is 118 cm³/mol. The molecule has 1 saturated heterocycles. The first kappa shape index (κ1) is 20.9. The summed E-state index contributed by atoms with van der Waals surface area (Å²) in [5.41, 5.74) is 1.22. The van der Waals surface area contributed by atoms with E-state index in [0.29, 0.717) is 4.75 Å². The first-order valence-electron chi connectivity index (χ1n) is 9.29. The molecule has 1 aliphatic heterocycles. The monoisotopic (exact) mass is 477 g/mol. The molecule has 1 spiro atoms. The van der Waals surface area contributed by atoms with Crippen LogP contribution in [0.2, 0.25) is 0 Å². The van der Waals surface area contributed by atoms with E-state index in [2.05, 4.69) is 45.2 Å². The summed E-state index contributed by atoms with van der Waals surface area (Å²) >= 11 is 2.21. The summed E-state index contributed by atoms with van der Waals surface area (Å²) in [5, 5.41) is 7.91. The zero-order chi connectivity index (χ0) is 16.8. The van der Waals surface area contributed by atoms with Gasteiger partial charge in [-0.15, -0.1) is 24.0 Å². The van der Waals surface area contributed by atoms with Crippen molar-refractivity contribution in [3.8, 4) is 0 Å². The van der Waals surface area contributed by atoms with Gasteiger partial charge in [-0.1, -0.05) is 19.3 Å². The van der Waals surface area contributed by atoms with Crippen molar-refractivity contribution in [3.63, 3.8) is 0 Å². The molecule has 2 aliphatic rings. The van der Waals surface area contributed by atoms with E-state index in [1.807, 2.05) is 17.9 Å². The van der Waals surface area contributed by atoms with Crippen molar-refractivity contribution in [3.05, 3.63) is 18.0 Å². The van der Waals surface area contributed by atoms with Crippen LogP contribution in [0.15, 0.2) is 17.4 Å². The lowest BCUT2D eigenvalue weighted by Gasteiger charge is -2.45. The van der Waals surface area contributed by atoms with Gasteiger partial charge in [0.25, 0.3) is 0 Å². The van der Waals surface area contributed by atoms with E-state index in [9.17, 15) is 0 Å². The zero-order valence-electron chi connectivity index (χ0n) is 15.5. The first-order chi connectivity index (χ1) is 11.7. The van der Waals surface area contributed by atoms with E-state index in [0.717, 1.165) is 38.6 Å². The van der Waals surface area contributed by atoms with Crippen molar-refractivity contribution in [1.29, 1.82) is 0 Å². The van der Waals surface area contributed by atoms with E-state index in [1.54, 1.807) is 0 Å². The Kier molecular flexibility index (Phi) is 8.38. The second-order valence-electron chi connectivity index (χ2n) is 7.12. The quantitative estimate of drug-likeness (QED) is 0.312. The van der Waals surface area contributed by atoms with Gasteiger partial charge >= 0.3 is 0 Å². The number of hydrogen-bond donors (Lipinski definition) is 1. The number of nitrogens with zero attached hydrogens (tertiary/aromatic N) is 4. The lowest BCUT2D eigenvalue weighted by atomic mass is 9.87. The molecular formula is C18H32IN5S. The maximum atomic E-state index is 4.54. The third-order valence-corrected chi connectivity index (χ3v) is 6.67. The molecule has 1 saturated carbocycles. The molecule has 25 heavy (non-hydrogen) atoms. The molecule has 1 aliphatic carbocycles. The number of aromatic nitrogens is 2. The van der Waals surface area contributed by atoms with Crippen molar-refractivity contribution in [2.45, 2.75) is 56.7 Å². The van der Waals surface area contributed by atoms with Crippen LogP contribution in [0.4, 0.5) is 0 Å². The highest BCUT2D eigenvalue weighted by atomic mass is 127. The molecule has 1 aromatic heterocycles. The van der Waals surface area contributed by atoms with Crippen molar-refractivity contribution < 1.29 is 0 Å². The van der Waals surface area contributed by atoms with Crippen molar-refractivity contribution in [1.82, 2.24) is 20.0 Å². The van der Waals surface area contributed by atoms with E-state index in [1.165, 1.54) is 43.4 Å². The molecule has 2 fully saturated rings. The van der Waals surface area contributed by atoms with Crippen LogP contribution in [0.5, 0.6) is 0 Å². The van der Waals surface area contributed by atoms with Gasteiger partial charge in [-0.05, 0) is 31.7 Å².